The highest BCUT2D eigenvalue weighted by atomic mass is 35.5. The average molecular weight is 412 g/mol. The summed E-state index contributed by atoms with van der Waals surface area (Å²) < 4.78 is 12.0. The van der Waals surface area contributed by atoms with E-state index in [1.54, 1.807) is 4.90 Å². The zero-order valence-electron chi connectivity index (χ0n) is 17.1. The van der Waals surface area contributed by atoms with Gasteiger partial charge in [-0.3, -0.25) is 0 Å². The van der Waals surface area contributed by atoms with Crippen LogP contribution in [-0.4, -0.2) is 35.3 Å². The predicted octanol–water partition coefficient (Wildman–Crippen LogP) is 5.93. The van der Waals surface area contributed by atoms with Crippen LogP contribution in [0, 0.1) is 0 Å². The third kappa shape index (κ3) is 4.13. The van der Waals surface area contributed by atoms with Crippen molar-refractivity contribution in [3.8, 4) is 5.75 Å². The third-order valence-electron chi connectivity index (χ3n) is 5.31. The van der Waals surface area contributed by atoms with Crippen LogP contribution < -0.4 is 4.74 Å². The molecule has 1 fully saturated rings. The van der Waals surface area contributed by atoms with Crippen LogP contribution in [0.2, 0.25) is 5.02 Å². The van der Waals surface area contributed by atoms with Crippen LogP contribution in [-0.2, 0) is 4.74 Å². The highest BCUT2D eigenvalue weighted by Gasteiger charge is 2.41. The van der Waals surface area contributed by atoms with E-state index in [0.29, 0.717) is 31.0 Å². The molecule has 2 aliphatic rings. The number of halogens is 1. The fourth-order valence-electron chi connectivity index (χ4n) is 3.92. The summed E-state index contributed by atoms with van der Waals surface area (Å²) in [6.07, 6.45) is 3.34. The van der Waals surface area contributed by atoms with Crippen LogP contribution in [0.15, 0.2) is 54.6 Å². The van der Waals surface area contributed by atoms with Crippen LogP contribution >= 0.6 is 11.6 Å². The number of likely N-dealkylation sites (tertiary alicyclic amines) is 1. The molecule has 2 aromatic rings. The Morgan fingerprint density at radius 1 is 1.07 bits per heavy atom. The van der Waals surface area contributed by atoms with Crippen molar-refractivity contribution in [2.75, 3.05) is 13.1 Å². The van der Waals surface area contributed by atoms with E-state index in [4.69, 9.17) is 21.1 Å². The molecule has 4 nitrogen and oxygen atoms in total. The van der Waals surface area contributed by atoms with Crippen molar-refractivity contribution in [3.63, 3.8) is 0 Å². The van der Waals surface area contributed by atoms with Crippen molar-refractivity contribution in [3.05, 3.63) is 70.8 Å². The largest absolute Gasteiger partial charge is 0.482 e. The van der Waals surface area contributed by atoms with Crippen LogP contribution in [0.3, 0.4) is 0 Å². The first-order chi connectivity index (χ1) is 13.8. The van der Waals surface area contributed by atoms with Gasteiger partial charge < -0.3 is 14.4 Å². The van der Waals surface area contributed by atoms with E-state index in [1.807, 2.05) is 57.2 Å². The monoisotopic (exact) mass is 411 g/mol. The maximum atomic E-state index is 12.4. The lowest BCUT2D eigenvalue weighted by atomic mass is 9.83. The molecule has 1 saturated heterocycles. The van der Waals surface area contributed by atoms with Gasteiger partial charge in [0.05, 0.1) is 5.02 Å². The molecule has 0 atom stereocenters. The Hall–Kier alpha value is -2.46. The molecule has 29 heavy (non-hydrogen) atoms. The molecule has 0 bridgehead atoms. The summed E-state index contributed by atoms with van der Waals surface area (Å²) in [4.78, 5) is 14.2. The van der Waals surface area contributed by atoms with Crippen molar-refractivity contribution in [1.82, 2.24) is 4.90 Å². The molecule has 1 amide bonds. The number of amides is 1. The molecule has 0 aliphatic carbocycles. The van der Waals surface area contributed by atoms with Gasteiger partial charge in [0.15, 0.2) is 0 Å². The summed E-state index contributed by atoms with van der Waals surface area (Å²) >= 11 is 6.55. The molecule has 0 radical (unpaired) electrons. The van der Waals surface area contributed by atoms with Crippen molar-refractivity contribution in [2.45, 2.75) is 44.8 Å². The van der Waals surface area contributed by atoms with E-state index in [0.717, 1.165) is 22.4 Å². The lowest BCUT2D eigenvalue weighted by Crippen LogP contribution is -2.50. The van der Waals surface area contributed by atoms with E-state index in [9.17, 15) is 4.79 Å². The molecular formula is C24H26ClNO3. The second-order valence-corrected chi connectivity index (χ2v) is 9.08. The molecule has 2 aliphatic heterocycles. The minimum atomic E-state index is -0.496. The van der Waals surface area contributed by atoms with Crippen LogP contribution in [0.4, 0.5) is 4.79 Å². The molecule has 0 N–H and O–H groups in total. The predicted molar refractivity (Wildman–Crippen MR) is 115 cm³/mol. The molecule has 0 unspecified atom stereocenters. The van der Waals surface area contributed by atoms with Gasteiger partial charge in [-0.25, -0.2) is 4.79 Å². The number of benzene rings is 2. The molecule has 0 saturated carbocycles. The first kappa shape index (κ1) is 19.8. The minimum absolute atomic E-state index is 0.265. The normalized spacial score (nSPS) is 17.9. The summed E-state index contributed by atoms with van der Waals surface area (Å²) in [5.74, 6) is 0.796. The first-order valence-corrected chi connectivity index (χ1v) is 10.4. The second kappa shape index (κ2) is 7.42. The third-order valence-corrected chi connectivity index (χ3v) is 5.63. The molecule has 4 rings (SSSR count). The van der Waals surface area contributed by atoms with Gasteiger partial charge in [0.2, 0.25) is 0 Å². The fraction of sp³-hybridized carbons (Fsp3) is 0.375. The van der Waals surface area contributed by atoms with E-state index < -0.39 is 11.2 Å². The van der Waals surface area contributed by atoms with E-state index in [1.165, 1.54) is 0 Å². The van der Waals surface area contributed by atoms with Gasteiger partial charge in [-0.05, 0) is 50.1 Å². The first-order valence-electron chi connectivity index (χ1n) is 10.0. The van der Waals surface area contributed by atoms with Gasteiger partial charge in [0.25, 0.3) is 0 Å². The maximum absolute atomic E-state index is 12.4. The number of nitrogens with zero attached hydrogens (tertiary/aromatic N) is 1. The van der Waals surface area contributed by atoms with Crippen molar-refractivity contribution >= 4 is 23.3 Å². The van der Waals surface area contributed by atoms with Crippen LogP contribution in [0.5, 0.6) is 5.75 Å². The highest BCUT2D eigenvalue weighted by Crippen LogP contribution is 2.46. The van der Waals surface area contributed by atoms with Gasteiger partial charge in [-0.1, -0.05) is 48.0 Å². The number of fused-ring (bicyclic) bond motifs is 1. The number of rotatable bonds is 1. The summed E-state index contributed by atoms with van der Waals surface area (Å²) in [7, 11) is 0. The summed E-state index contributed by atoms with van der Waals surface area (Å²) in [5, 5.41) is 0.679. The van der Waals surface area contributed by atoms with E-state index in [-0.39, 0.29) is 6.09 Å². The second-order valence-electron chi connectivity index (χ2n) is 8.67. The van der Waals surface area contributed by atoms with Crippen LogP contribution in [0.25, 0.3) is 5.57 Å². The lowest BCUT2D eigenvalue weighted by Gasteiger charge is -2.43. The summed E-state index contributed by atoms with van der Waals surface area (Å²) in [6, 6.07) is 16.0. The van der Waals surface area contributed by atoms with Gasteiger partial charge in [-0.2, -0.15) is 0 Å². The Kier molecular flexibility index (Phi) is 5.07. The molecule has 1 spiro atoms. The lowest BCUT2D eigenvalue weighted by molar-refractivity contribution is -0.00115. The maximum Gasteiger partial charge on any atom is 0.410 e. The molecule has 0 aromatic heterocycles. The number of carbonyl (C=O) groups excluding carboxylic acids is 1. The SMILES string of the molecule is CC(C)(C)OC(=O)N1CCC2(C=C(c3ccccc3)c3c(Cl)cccc3O2)CC1. The fourth-order valence-corrected chi connectivity index (χ4v) is 4.19. The van der Waals surface area contributed by atoms with Crippen LogP contribution in [0.1, 0.15) is 44.7 Å². The number of carbonyl (C=O) groups is 1. The number of ether oxygens (including phenoxy) is 2. The van der Waals surface area contributed by atoms with Crippen molar-refractivity contribution < 1.29 is 14.3 Å². The zero-order valence-corrected chi connectivity index (χ0v) is 17.8. The molecule has 5 heteroatoms. The molecule has 152 valence electrons. The van der Waals surface area contributed by atoms with Gasteiger partial charge >= 0.3 is 6.09 Å². The number of hydrogen-bond acceptors (Lipinski definition) is 3. The Bertz CT molecular complexity index is 938. The standard InChI is InChI=1S/C24H26ClNO3/c1-23(2,3)29-22(27)26-14-12-24(13-15-26)16-18(17-8-5-4-6-9-17)21-19(25)10-7-11-20(21)28-24/h4-11,16H,12-15H2,1-3H3. The number of piperidine rings is 1. The Morgan fingerprint density at radius 3 is 2.41 bits per heavy atom. The average Bonchev–Trinajstić information content (AvgIpc) is 2.67. The molecular weight excluding hydrogens is 386 g/mol. The van der Waals surface area contributed by atoms with Crippen molar-refractivity contribution in [1.29, 1.82) is 0 Å². The summed E-state index contributed by atoms with van der Waals surface area (Å²) in [5.41, 5.74) is 2.17. The Balaban J connectivity index is 1.64. The van der Waals surface area contributed by atoms with E-state index in [2.05, 4.69) is 18.2 Å². The quantitative estimate of drug-likeness (QED) is 0.583. The number of hydrogen-bond donors (Lipinski definition) is 0. The van der Waals surface area contributed by atoms with E-state index >= 15 is 0 Å². The minimum Gasteiger partial charge on any atom is -0.482 e. The molecule has 2 aromatic carbocycles. The van der Waals surface area contributed by atoms with Gasteiger partial charge in [0.1, 0.15) is 17.0 Å². The molecule has 2 heterocycles. The highest BCUT2D eigenvalue weighted by molar-refractivity contribution is 6.33. The zero-order chi connectivity index (χ0) is 20.6. The van der Waals surface area contributed by atoms with Gasteiger partial charge in [-0.15, -0.1) is 0 Å². The topological polar surface area (TPSA) is 38.8 Å². The van der Waals surface area contributed by atoms with Crippen molar-refractivity contribution in [2.24, 2.45) is 0 Å². The smallest absolute Gasteiger partial charge is 0.410 e. The Morgan fingerprint density at radius 2 is 1.76 bits per heavy atom. The van der Waals surface area contributed by atoms with Gasteiger partial charge in [0, 0.05) is 31.5 Å². The summed E-state index contributed by atoms with van der Waals surface area (Å²) in [6.45, 7) is 6.83. The Labute approximate surface area is 177 Å².